The number of nitrogens with zero attached hydrogens (tertiary/aromatic N) is 2. The first-order chi connectivity index (χ1) is 14.0. The van der Waals surface area contributed by atoms with Gasteiger partial charge in [-0.3, -0.25) is 14.4 Å². The van der Waals surface area contributed by atoms with Crippen LogP contribution in [-0.4, -0.2) is 48.9 Å². The summed E-state index contributed by atoms with van der Waals surface area (Å²) in [5.74, 6) is -1.15. The molecule has 2 aliphatic rings. The predicted molar refractivity (Wildman–Crippen MR) is 104 cm³/mol. The van der Waals surface area contributed by atoms with Crippen LogP contribution in [0.5, 0.6) is 5.75 Å². The quantitative estimate of drug-likeness (QED) is 0.860. The minimum Gasteiger partial charge on any atom is -0.497 e. The van der Waals surface area contributed by atoms with Crippen molar-refractivity contribution >= 4 is 29.1 Å². The molecular formula is C21H20FN3O4. The van der Waals surface area contributed by atoms with E-state index in [0.29, 0.717) is 30.8 Å². The van der Waals surface area contributed by atoms with Gasteiger partial charge in [0.1, 0.15) is 24.2 Å². The van der Waals surface area contributed by atoms with Gasteiger partial charge in [0.2, 0.25) is 11.8 Å². The first-order valence-electron chi connectivity index (χ1n) is 9.34. The second-order valence-corrected chi connectivity index (χ2v) is 7.02. The molecule has 2 aromatic carbocycles. The van der Waals surface area contributed by atoms with Crippen LogP contribution in [0.3, 0.4) is 0 Å². The molecule has 2 aliphatic heterocycles. The third kappa shape index (κ3) is 3.53. The summed E-state index contributed by atoms with van der Waals surface area (Å²) in [5, 5.41) is 2.72. The summed E-state index contributed by atoms with van der Waals surface area (Å²) in [5.41, 5.74) is 0.850. The number of hydrogen-bond donors (Lipinski definition) is 1. The lowest BCUT2D eigenvalue weighted by Crippen LogP contribution is -2.47. The first kappa shape index (κ1) is 18.9. The molecule has 0 aromatic heterocycles. The van der Waals surface area contributed by atoms with Gasteiger partial charge in [0, 0.05) is 18.3 Å². The van der Waals surface area contributed by atoms with Gasteiger partial charge in [0.05, 0.1) is 18.4 Å². The van der Waals surface area contributed by atoms with E-state index >= 15 is 0 Å². The lowest BCUT2D eigenvalue weighted by molar-refractivity contribution is -0.124. The molecule has 0 aliphatic carbocycles. The molecule has 150 valence electrons. The molecule has 7 nitrogen and oxygen atoms in total. The zero-order valence-corrected chi connectivity index (χ0v) is 15.9. The minimum atomic E-state index is -0.636. The summed E-state index contributed by atoms with van der Waals surface area (Å²) in [6.45, 7) is 0.139. The molecule has 2 aromatic rings. The van der Waals surface area contributed by atoms with E-state index in [-0.39, 0.29) is 29.6 Å². The molecule has 3 amide bonds. The summed E-state index contributed by atoms with van der Waals surface area (Å²) < 4.78 is 19.1. The minimum absolute atomic E-state index is 0.121. The van der Waals surface area contributed by atoms with Gasteiger partial charge < -0.3 is 19.9 Å². The van der Waals surface area contributed by atoms with E-state index in [1.165, 1.54) is 29.0 Å². The van der Waals surface area contributed by atoms with E-state index in [1.54, 1.807) is 24.3 Å². The van der Waals surface area contributed by atoms with Crippen LogP contribution in [-0.2, 0) is 9.59 Å². The van der Waals surface area contributed by atoms with Crippen molar-refractivity contribution in [1.29, 1.82) is 0 Å². The Morgan fingerprint density at radius 2 is 2.07 bits per heavy atom. The summed E-state index contributed by atoms with van der Waals surface area (Å²) in [7, 11) is 1.52. The summed E-state index contributed by atoms with van der Waals surface area (Å²) in [6.07, 6.45) is 1.23. The first-order valence-corrected chi connectivity index (χ1v) is 9.34. The summed E-state index contributed by atoms with van der Waals surface area (Å²) >= 11 is 0. The molecule has 8 heteroatoms. The normalized spacial score (nSPS) is 18.2. The number of benzene rings is 2. The summed E-state index contributed by atoms with van der Waals surface area (Å²) in [6, 6.07) is 9.87. The van der Waals surface area contributed by atoms with Crippen LogP contribution in [0, 0.1) is 5.82 Å². The van der Waals surface area contributed by atoms with Gasteiger partial charge in [-0.15, -0.1) is 0 Å². The number of methoxy groups -OCH3 is 1. The van der Waals surface area contributed by atoms with Crippen LogP contribution in [0.1, 0.15) is 23.2 Å². The van der Waals surface area contributed by atoms with Crippen molar-refractivity contribution in [1.82, 2.24) is 4.90 Å². The Balaban J connectivity index is 1.64. The Morgan fingerprint density at radius 3 is 2.86 bits per heavy atom. The Bertz CT molecular complexity index is 994. The fourth-order valence-corrected chi connectivity index (χ4v) is 3.84. The van der Waals surface area contributed by atoms with E-state index in [9.17, 15) is 18.8 Å². The number of halogens is 1. The van der Waals surface area contributed by atoms with Gasteiger partial charge in [0.25, 0.3) is 5.91 Å². The van der Waals surface area contributed by atoms with Crippen LogP contribution < -0.4 is 15.0 Å². The number of hydrogen-bond acceptors (Lipinski definition) is 4. The fraction of sp³-hybridized carbons (Fsp3) is 0.286. The Kier molecular flexibility index (Phi) is 4.92. The molecule has 0 spiro atoms. The third-order valence-electron chi connectivity index (χ3n) is 5.20. The smallest absolute Gasteiger partial charge is 0.256 e. The molecule has 1 saturated heterocycles. The number of ether oxygens (including phenoxy) is 1. The fourth-order valence-electron chi connectivity index (χ4n) is 3.84. The second-order valence-electron chi connectivity index (χ2n) is 7.02. The Labute approximate surface area is 167 Å². The maximum absolute atomic E-state index is 13.9. The monoisotopic (exact) mass is 397 g/mol. The van der Waals surface area contributed by atoms with Crippen LogP contribution in [0.2, 0.25) is 0 Å². The number of carbonyl (C=O) groups is 3. The zero-order valence-electron chi connectivity index (χ0n) is 15.9. The van der Waals surface area contributed by atoms with Gasteiger partial charge in [-0.2, -0.15) is 0 Å². The number of anilines is 2. The van der Waals surface area contributed by atoms with E-state index in [1.807, 2.05) is 0 Å². The van der Waals surface area contributed by atoms with Crippen molar-refractivity contribution in [2.45, 2.75) is 18.9 Å². The van der Waals surface area contributed by atoms with Crippen molar-refractivity contribution < 1.29 is 23.5 Å². The van der Waals surface area contributed by atoms with Gasteiger partial charge in [0.15, 0.2) is 0 Å². The van der Waals surface area contributed by atoms with E-state index in [0.717, 1.165) is 6.07 Å². The number of carbonyl (C=O) groups excluding carboxylic acids is 3. The molecule has 1 fully saturated rings. The summed E-state index contributed by atoms with van der Waals surface area (Å²) in [4.78, 5) is 41.4. The standard InChI is InChI=1S/C21H20FN3O4/c1-29-15-5-2-4-14(11-15)23-19(26)12-25-18-10-13(22)7-8-16(18)20(27)24-9-3-6-17(24)21(25)28/h2,4-5,7-8,10-11,17H,3,6,9,12H2,1H3,(H,23,26). The van der Waals surface area contributed by atoms with Crippen molar-refractivity contribution in [2.24, 2.45) is 0 Å². The van der Waals surface area contributed by atoms with E-state index < -0.39 is 17.8 Å². The lowest BCUT2D eigenvalue weighted by atomic mass is 10.1. The molecule has 0 bridgehead atoms. The second kappa shape index (κ2) is 7.54. The highest BCUT2D eigenvalue weighted by molar-refractivity contribution is 6.13. The Morgan fingerprint density at radius 1 is 1.24 bits per heavy atom. The molecular weight excluding hydrogens is 377 g/mol. The van der Waals surface area contributed by atoms with Crippen LogP contribution in [0.4, 0.5) is 15.8 Å². The predicted octanol–water partition coefficient (Wildman–Crippen LogP) is 2.42. The number of fused-ring (bicyclic) bond motifs is 2. The molecule has 29 heavy (non-hydrogen) atoms. The topological polar surface area (TPSA) is 79.0 Å². The molecule has 0 saturated carbocycles. The average Bonchev–Trinajstić information content (AvgIpc) is 3.18. The van der Waals surface area contributed by atoms with Crippen molar-refractivity contribution in [3.8, 4) is 5.75 Å². The van der Waals surface area contributed by atoms with Gasteiger partial charge >= 0.3 is 0 Å². The van der Waals surface area contributed by atoms with Crippen molar-refractivity contribution in [2.75, 3.05) is 30.4 Å². The highest BCUT2D eigenvalue weighted by Crippen LogP contribution is 2.33. The van der Waals surface area contributed by atoms with Crippen LogP contribution in [0.25, 0.3) is 0 Å². The lowest BCUT2D eigenvalue weighted by Gasteiger charge is -2.25. The maximum Gasteiger partial charge on any atom is 0.256 e. The van der Waals surface area contributed by atoms with E-state index in [4.69, 9.17) is 4.74 Å². The SMILES string of the molecule is COc1cccc(NC(=O)CN2C(=O)C3CCCN3C(=O)c3ccc(F)cc32)c1. The average molecular weight is 397 g/mol. The molecule has 1 unspecified atom stereocenters. The van der Waals surface area contributed by atoms with Crippen LogP contribution >= 0.6 is 0 Å². The zero-order chi connectivity index (χ0) is 20.5. The van der Waals surface area contributed by atoms with Crippen molar-refractivity contribution in [3.63, 3.8) is 0 Å². The van der Waals surface area contributed by atoms with Gasteiger partial charge in [-0.05, 0) is 43.2 Å². The highest BCUT2D eigenvalue weighted by Gasteiger charge is 2.42. The number of nitrogens with one attached hydrogen (secondary N) is 1. The van der Waals surface area contributed by atoms with Crippen LogP contribution in [0.15, 0.2) is 42.5 Å². The van der Waals surface area contributed by atoms with Gasteiger partial charge in [-0.1, -0.05) is 6.07 Å². The third-order valence-corrected chi connectivity index (χ3v) is 5.20. The highest BCUT2D eigenvalue weighted by atomic mass is 19.1. The molecule has 2 heterocycles. The Hall–Kier alpha value is -3.42. The number of rotatable bonds is 4. The largest absolute Gasteiger partial charge is 0.497 e. The van der Waals surface area contributed by atoms with Crippen molar-refractivity contribution in [3.05, 3.63) is 53.8 Å². The molecule has 4 rings (SSSR count). The molecule has 0 radical (unpaired) electrons. The maximum atomic E-state index is 13.9. The number of amides is 3. The van der Waals surface area contributed by atoms with Gasteiger partial charge in [-0.25, -0.2) is 4.39 Å². The molecule has 1 atom stereocenters. The molecule has 1 N–H and O–H groups in total. The van der Waals surface area contributed by atoms with E-state index in [2.05, 4.69) is 5.32 Å².